The van der Waals surface area contributed by atoms with Gasteiger partial charge in [-0.25, -0.2) is 4.79 Å². The van der Waals surface area contributed by atoms with Gasteiger partial charge in [-0.05, 0) is 61.5 Å². The third kappa shape index (κ3) is 11.6. The highest BCUT2D eigenvalue weighted by Gasteiger charge is 2.40. The monoisotopic (exact) mass is 677 g/mol. The fourth-order valence-electron chi connectivity index (χ4n) is 6.14. The van der Waals surface area contributed by atoms with E-state index in [1.54, 1.807) is 0 Å². The van der Waals surface area contributed by atoms with Crippen molar-refractivity contribution >= 4 is 29.7 Å². The smallest absolute Gasteiger partial charge is 0.407 e. The summed E-state index contributed by atoms with van der Waals surface area (Å²) in [4.78, 5) is 67.0. The van der Waals surface area contributed by atoms with Gasteiger partial charge in [-0.1, -0.05) is 88.4 Å². The second-order valence-corrected chi connectivity index (χ2v) is 13.7. The van der Waals surface area contributed by atoms with Crippen molar-refractivity contribution in [2.45, 2.75) is 109 Å². The van der Waals surface area contributed by atoms with E-state index in [0.29, 0.717) is 32.1 Å². The van der Waals surface area contributed by atoms with Gasteiger partial charge in [-0.2, -0.15) is 0 Å². The van der Waals surface area contributed by atoms with Crippen molar-refractivity contribution in [3.05, 3.63) is 71.8 Å². The number of alkyl carbamates (subject to hydrolysis) is 1. The number of hydrogen-bond acceptors (Lipinski definition) is 7. The van der Waals surface area contributed by atoms with Crippen LogP contribution >= 0.6 is 0 Å². The minimum absolute atomic E-state index is 0.0732. The van der Waals surface area contributed by atoms with E-state index in [1.165, 1.54) is 0 Å². The molecule has 0 spiro atoms. The molecule has 5 N–H and O–H groups in total. The van der Waals surface area contributed by atoms with E-state index in [-0.39, 0.29) is 37.3 Å². The van der Waals surface area contributed by atoms with Crippen molar-refractivity contribution in [3.8, 4) is 0 Å². The van der Waals surface area contributed by atoms with Gasteiger partial charge in [-0.3, -0.25) is 19.2 Å². The number of carbonyl (C=O) groups excluding carboxylic acids is 5. The van der Waals surface area contributed by atoms with E-state index in [1.807, 2.05) is 88.4 Å². The fraction of sp³-hybridized carbons (Fsp3) is 0.541. The van der Waals surface area contributed by atoms with Crippen molar-refractivity contribution in [1.82, 2.24) is 26.6 Å². The minimum Gasteiger partial charge on any atom is -0.445 e. The van der Waals surface area contributed by atoms with Gasteiger partial charge in [0.05, 0.1) is 12.1 Å². The lowest BCUT2D eigenvalue weighted by Crippen LogP contribution is -2.59. The summed E-state index contributed by atoms with van der Waals surface area (Å²) in [6.07, 6.45) is 0.508. The Bertz CT molecular complexity index is 1400. The topological polar surface area (TPSA) is 164 Å². The molecule has 2 bridgehead atoms. The van der Waals surface area contributed by atoms with Gasteiger partial charge in [0.25, 0.3) is 0 Å². The summed E-state index contributed by atoms with van der Waals surface area (Å²) in [5, 5.41) is 14.4. The van der Waals surface area contributed by atoms with Gasteiger partial charge in [-0.15, -0.1) is 0 Å². The first-order valence-electron chi connectivity index (χ1n) is 17.4. The van der Waals surface area contributed by atoms with Gasteiger partial charge < -0.3 is 36.1 Å². The summed E-state index contributed by atoms with van der Waals surface area (Å²) in [6.45, 7) is 7.87. The molecule has 12 heteroatoms. The highest BCUT2D eigenvalue weighted by molar-refractivity contribution is 5.95. The molecule has 0 unspecified atom stereocenters. The quantitative estimate of drug-likeness (QED) is 0.228. The Hall–Kier alpha value is -4.45. The van der Waals surface area contributed by atoms with E-state index in [9.17, 15) is 24.0 Å². The first-order chi connectivity index (χ1) is 23.5. The molecule has 5 amide bonds. The van der Waals surface area contributed by atoms with Gasteiger partial charge in [0.15, 0.2) is 0 Å². The maximum Gasteiger partial charge on any atom is 0.407 e. The molecule has 0 aliphatic carbocycles. The van der Waals surface area contributed by atoms with Crippen LogP contribution in [-0.4, -0.2) is 72.6 Å². The van der Waals surface area contributed by atoms with Crippen LogP contribution in [0.2, 0.25) is 0 Å². The molecule has 49 heavy (non-hydrogen) atoms. The van der Waals surface area contributed by atoms with Crippen LogP contribution < -0.4 is 26.6 Å². The van der Waals surface area contributed by atoms with Crippen LogP contribution in [0.5, 0.6) is 0 Å². The van der Waals surface area contributed by atoms with E-state index in [0.717, 1.165) is 11.1 Å². The van der Waals surface area contributed by atoms with E-state index in [2.05, 4.69) is 26.6 Å². The summed E-state index contributed by atoms with van der Waals surface area (Å²) < 4.78 is 11.5. The van der Waals surface area contributed by atoms with Crippen LogP contribution in [0.25, 0.3) is 0 Å². The summed E-state index contributed by atoms with van der Waals surface area (Å²) in [5.74, 6) is -2.03. The van der Waals surface area contributed by atoms with Crippen LogP contribution in [0, 0.1) is 11.8 Å². The molecule has 4 rings (SSSR count). The standard InChI is InChI=1S/C37H51N5O7/c1-23(2)20-29-34(44)40-28(21-25-12-7-5-8-13-25)30-17-18-31(49-30)35(45)42-32(24(3)4)36(46)39-27(33(43)41-29)16-11-19-38-37(47)48-22-26-14-9-6-10-15-26/h5-10,12-15,23-24,27-32H,11,16-22H2,1-4H3,(H,38,47)(H,39,46)(H,40,44)(H,41,43)(H,42,45)/t27-,28+,29+,30-,31-,32-/m0/s1. The fourth-order valence-corrected chi connectivity index (χ4v) is 6.14. The average molecular weight is 678 g/mol. The molecule has 2 aromatic carbocycles. The Morgan fingerprint density at radius 3 is 2.08 bits per heavy atom. The van der Waals surface area contributed by atoms with Crippen molar-refractivity contribution in [2.75, 3.05) is 6.54 Å². The van der Waals surface area contributed by atoms with Gasteiger partial charge >= 0.3 is 6.09 Å². The highest BCUT2D eigenvalue weighted by atomic mass is 16.5. The molecule has 2 aliphatic rings. The number of nitrogens with one attached hydrogen (secondary N) is 5. The van der Waals surface area contributed by atoms with Gasteiger partial charge in [0, 0.05) is 6.54 Å². The van der Waals surface area contributed by atoms with Crippen molar-refractivity contribution in [1.29, 1.82) is 0 Å². The molecule has 2 aromatic rings. The zero-order valence-electron chi connectivity index (χ0n) is 28.9. The third-order valence-electron chi connectivity index (χ3n) is 8.79. The Kier molecular flexibility index (Phi) is 14.0. The summed E-state index contributed by atoms with van der Waals surface area (Å²) in [5.41, 5.74) is 1.85. The average Bonchev–Trinajstić information content (AvgIpc) is 3.57. The Morgan fingerprint density at radius 2 is 1.43 bits per heavy atom. The molecule has 2 aliphatic heterocycles. The molecule has 266 valence electrons. The number of benzene rings is 2. The molecule has 0 aromatic heterocycles. The zero-order chi connectivity index (χ0) is 35.3. The number of fused-ring (bicyclic) bond motifs is 2. The number of rotatable bonds is 11. The van der Waals surface area contributed by atoms with Crippen LogP contribution in [-0.2, 0) is 41.7 Å². The van der Waals surface area contributed by atoms with Crippen LogP contribution in [0.4, 0.5) is 4.79 Å². The maximum absolute atomic E-state index is 13.9. The molecular weight excluding hydrogens is 626 g/mol. The SMILES string of the molecule is CC(C)C[C@H]1NC(=O)[C@H](CCCNC(=O)OCc2ccccc2)NC(=O)[C@H](C(C)C)NC(=O)[C@@H]2CC[C@H](O2)[C@@H](Cc2ccccc2)NC1=O. The minimum atomic E-state index is -1.03. The van der Waals surface area contributed by atoms with Crippen LogP contribution in [0.15, 0.2) is 60.7 Å². The molecule has 2 saturated heterocycles. The van der Waals surface area contributed by atoms with Crippen molar-refractivity contribution in [3.63, 3.8) is 0 Å². The molecule has 6 atom stereocenters. The number of carbonyl (C=O) groups is 5. The number of ether oxygens (including phenoxy) is 2. The Morgan fingerprint density at radius 1 is 0.796 bits per heavy atom. The Labute approximate surface area is 288 Å². The van der Waals surface area contributed by atoms with E-state index in [4.69, 9.17) is 9.47 Å². The summed E-state index contributed by atoms with van der Waals surface area (Å²) in [6, 6.07) is 15.7. The van der Waals surface area contributed by atoms with E-state index < -0.39 is 60.2 Å². The van der Waals surface area contributed by atoms with Crippen molar-refractivity contribution in [2.24, 2.45) is 11.8 Å². The predicted molar refractivity (Wildman–Crippen MR) is 184 cm³/mol. The lowest BCUT2D eigenvalue weighted by molar-refractivity contribution is -0.138. The molecule has 2 heterocycles. The number of hydrogen-bond donors (Lipinski definition) is 5. The summed E-state index contributed by atoms with van der Waals surface area (Å²) >= 11 is 0. The normalized spacial score (nSPS) is 25.0. The molecule has 0 radical (unpaired) electrons. The highest BCUT2D eigenvalue weighted by Crippen LogP contribution is 2.25. The number of amides is 5. The van der Waals surface area contributed by atoms with Gasteiger partial charge in [0.1, 0.15) is 30.8 Å². The third-order valence-corrected chi connectivity index (χ3v) is 8.79. The molecule has 0 saturated carbocycles. The Balaban J connectivity index is 1.51. The van der Waals surface area contributed by atoms with Crippen molar-refractivity contribution < 1.29 is 33.4 Å². The lowest BCUT2D eigenvalue weighted by Gasteiger charge is -2.29. The zero-order valence-corrected chi connectivity index (χ0v) is 28.9. The second kappa shape index (κ2) is 18.4. The molecular formula is C37H51N5O7. The van der Waals surface area contributed by atoms with Crippen LogP contribution in [0.1, 0.15) is 70.9 Å². The maximum atomic E-state index is 13.9. The van der Waals surface area contributed by atoms with Crippen LogP contribution in [0.3, 0.4) is 0 Å². The van der Waals surface area contributed by atoms with E-state index >= 15 is 0 Å². The first kappa shape index (κ1) is 37.4. The second-order valence-electron chi connectivity index (χ2n) is 13.7. The lowest BCUT2D eigenvalue weighted by atomic mass is 9.97. The molecule has 2 fully saturated rings. The predicted octanol–water partition coefficient (Wildman–Crippen LogP) is 3.14. The van der Waals surface area contributed by atoms with Gasteiger partial charge in [0.2, 0.25) is 23.6 Å². The first-order valence-corrected chi connectivity index (χ1v) is 17.4. The summed E-state index contributed by atoms with van der Waals surface area (Å²) in [7, 11) is 0. The molecule has 12 nitrogen and oxygen atoms in total. The largest absolute Gasteiger partial charge is 0.445 e.